The Morgan fingerprint density at radius 2 is 1.93 bits per heavy atom. The summed E-state index contributed by atoms with van der Waals surface area (Å²) in [5.74, 6) is -0.162. The molecule has 0 aliphatic rings. The summed E-state index contributed by atoms with van der Waals surface area (Å²) in [7, 11) is 0. The molecule has 4 rings (SSSR count). The molecule has 152 valence electrons. The standard InChI is InChI=1S/C23H21N3O4/c27-14-19-11-21(28)22(30-15-16-4-2-1-3-5-16)12-26(19)13-23(29)25-18-7-6-17-8-9-24-20(17)10-18/h1-12,24,27H,13-15H2,(H,25,29). The highest BCUT2D eigenvalue weighted by molar-refractivity contribution is 5.93. The van der Waals surface area contributed by atoms with E-state index in [1.54, 1.807) is 0 Å². The summed E-state index contributed by atoms with van der Waals surface area (Å²) in [5, 5.41) is 13.5. The zero-order valence-corrected chi connectivity index (χ0v) is 16.2. The predicted molar refractivity (Wildman–Crippen MR) is 114 cm³/mol. The first kappa shape index (κ1) is 19.5. The van der Waals surface area contributed by atoms with Crippen LogP contribution in [0, 0.1) is 0 Å². The van der Waals surface area contributed by atoms with Gasteiger partial charge in [-0.1, -0.05) is 36.4 Å². The molecule has 4 aromatic rings. The molecule has 3 N–H and O–H groups in total. The number of amides is 1. The Morgan fingerprint density at radius 1 is 1.10 bits per heavy atom. The number of carbonyl (C=O) groups excluding carboxylic acids is 1. The summed E-state index contributed by atoms with van der Waals surface area (Å²) in [6, 6.07) is 18.3. The minimum atomic E-state index is -0.365. The van der Waals surface area contributed by atoms with Crippen LogP contribution in [0.4, 0.5) is 5.69 Å². The van der Waals surface area contributed by atoms with Gasteiger partial charge in [0.2, 0.25) is 11.3 Å². The normalized spacial score (nSPS) is 10.8. The predicted octanol–water partition coefficient (Wildman–Crippen LogP) is 3.04. The molecule has 2 aromatic carbocycles. The van der Waals surface area contributed by atoms with Crippen molar-refractivity contribution in [3.8, 4) is 5.75 Å². The molecule has 0 bridgehead atoms. The highest BCUT2D eigenvalue weighted by atomic mass is 16.5. The second-order valence-electron chi connectivity index (χ2n) is 6.88. The van der Waals surface area contributed by atoms with Crippen LogP contribution in [0.3, 0.4) is 0 Å². The van der Waals surface area contributed by atoms with Crippen LogP contribution in [-0.4, -0.2) is 20.6 Å². The number of fused-ring (bicyclic) bond motifs is 1. The number of carbonyl (C=O) groups is 1. The maximum absolute atomic E-state index is 12.6. The highest BCUT2D eigenvalue weighted by Crippen LogP contribution is 2.18. The minimum Gasteiger partial charge on any atom is -0.483 e. The molecule has 0 aliphatic carbocycles. The number of hydrogen-bond acceptors (Lipinski definition) is 4. The van der Waals surface area contributed by atoms with Crippen molar-refractivity contribution in [2.45, 2.75) is 19.8 Å². The molecule has 0 aliphatic heterocycles. The fourth-order valence-electron chi connectivity index (χ4n) is 3.20. The number of aliphatic hydroxyl groups is 1. The molecule has 0 spiro atoms. The third-order valence-corrected chi connectivity index (χ3v) is 4.73. The van der Waals surface area contributed by atoms with Gasteiger partial charge in [0.15, 0.2) is 5.75 Å². The van der Waals surface area contributed by atoms with Crippen molar-refractivity contribution < 1.29 is 14.6 Å². The molecule has 0 unspecified atom stereocenters. The Bertz CT molecular complexity index is 1230. The van der Waals surface area contributed by atoms with Gasteiger partial charge in [-0.25, -0.2) is 0 Å². The van der Waals surface area contributed by atoms with Gasteiger partial charge >= 0.3 is 0 Å². The number of nitrogens with zero attached hydrogens (tertiary/aromatic N) is 1. The van der Waals surface area contributed by atoms with Gasteiger partial charge in [0.25, 0.3) is 0 Å². The van der Waals surface area contributed by atoms with Crippen LogP contribution in [0.1, 0.15) is 11.3 Å². The van der Waals surface area contributed by atoms with Crippen LogP contribution in [-0.2, 0) is 24.6 Å². The molecule has 0 atom stereocenters. The van der Waals surface area contributed by atoms with Gasteiger partial charge in [-0.05, 0) is 29.1 Å². The van der Waals surface area contributed by atoms with Crippen molar-refractivity contribution in [3.05, 3.63) is 94.5 Å². The van der Waals surface area contributed by atoms with E-state index in [9.17, 15) is 14.7 Å². The third kappa shape index (κ3) is 4.42. The molecule has 1 amide bonds. The number of pyridine rings is 1. The SMILES string of the molecule is O=C(Cn1cc(OCc2ccccc2)c(=O)cc1CO)Nc1ccc2cc[nH]c2c1. The second kappa shape index (κ2) is 8.67. The fraction of sp³-hybridized carbons (Fsp3) is 0.130. The summed E-state index contributed by atoms with van der Waals surface area (Å²) in [6.07, 6.45) is 3.30. The van der Waals surface area contributed by atoms with Crippen LogP contribution < -0.4 is 15.5 Å². The van der Waals surface area contributed by atoms with Crippen molar-refractivity contribution in [1.29, 1.82) is 0 Å². The van der Waals surface area contributed by atoms with Crippen LogP contribution in [0.5, 0.6) is 5.75 Å². The van der Waals surface area contributed by atoms with E-state index in [0.717, 1.165) is 16.5 Å². The number of H-pyrrole nitrogens is 1. The van der Waals surface area contributed by atoms with Gasteiger partial charge in [-0.2, -0.15) is 0 Å². The Balaban J connectivity index is 1.50. The van der Waals surface area contributed by atoms with E-state index in [4.69, 9.17) is 4.74 Å². The van der Waals surface area contributed by atoms with E-state index < -0.39 is 0 Å². The smallest absolute Gasteiger partial charge is 0.244 e. The van der Waals surface area contributed by atoms with Gasteiger partial charge in [-0.15, -0.1) is 0 Å². The molecular weight excluding hydrogens is 382 g/mol. The molecule has 7 nitrogen and oxygen atoms in total. The first-order chi connectivity index (χ1) is 14.6. The number of rotatable bonds is 7. The lowest BCUT2D eigenvalue weighted by atomic mass is 10.2. The lowest BCUT2D eigenvalue weighted by molar-refractivity contribution is -0.116. The molecule has 7 heteroatoms. The van der Waals surface area contributed by atoms with Gasteiger partial charge < -0.3 is 24.7 Å². The van der Waals surface area contributed by atoms with Crippen molar-refractivity contribution in [1.82, 2.24) is 9.55 Å². The average Bonchev–Trinajstić information content (AvgIpc) is 3.22. The van der Waals surface area contributed by atoms with E-state index >= 15 is 0 Å². The number of nitrogens with one attached hydrogen (secondary N) is 2. The summed E-state index contributed by atoms with van der Waals surface area (Å²) in [4.78, 5) is 28.0. The molecule has 0 saturated heterocycles. The molecule has 2 heterocycles. The highest BCUT2D eigenvalue weighted by Gasteiger charge is 2.11. The van der Waals surface area contributed by atoms with Crippen LogP contribution in [0.2, 0.25) is 0 Å². The monoisotopic (exact) mass is 403 g/mol. The number of aromatic amines is 1. The number of aromatic nitrogens is 2. The number of aliphatic hydroxyl groups excluding tert-OH is 1. The first-order valence-electron chi connectivity index (χ1n) is 9.50. The van der Waals surface area contributed by atoms with Crippen molar-refractivity contribution in [2.75, 3.05) is 5.32 Å². The lowest BCUT2D eigenvalue weighted by Gasteiger charge is -2.14. The van der Waals surface area contributed by atoms with E-state index in [-0.39, 0.29) is 36.8 Å². The first-order valence-corrected chi connectivity index (χ1v) is 9.50. The topological polar surface area (TPSA) is 96.3 Å². The molecule has 0 saturated carbocycles. The summed E-state index contributed by atoms with van der Waals surface area (Å²) in [5.41, 5.74) is 2.49. The Hall–Kier alpha value is -3.84. The van der Waals surface area contributed by atoms with Gasteiger partial charge in [0.1, 0.15) is 13.2 Å². The van der Waals surface area contributed by atoms with Crippen molar-refractivity contribution in [3.63, 3.8) is 0 Å². The number of ether oxygens (including phenoxy) is 1. The fourth-order valence-corrected chi connectivity index (χ4v) is 3.20. The molecule has 0 fully saturated rings. The van der Waals surface area contributed by atoms with E-state index in [2.05, 4.69) is 10.3 Å². The molecule has 30 heavy (non-hydrogen) atoms. The van der Waals surface area contributed by atoms with E-state index in [1.807, 2.05) is 60.8 Å². The largest absolute Gasteiger partial charge is 0.483 e. The molecular formula is C23H21N3O4. The summed E-state index contributed by atoms with van der Waals surface area (Å²) in [6.45, 7) is -0.201. The Morgan fingerprint density at radius 3 is 2.73 bits per heavy atom. The molecule has 2 aromatic heterocycles. The Labute approximate surface area is 172 Å². The van der Waals surface area contributed by atoms with E-state index in [1.165, 1.54) is 16.8 Å². The van der Waals surface area contributed by atoms with Crippen molar-refractivity contribution in [2.24, 2.45) is 0 Å². The zero-order valence-electron chi connectivity index (χ0n) is 16.2. The Kier molecular flexibility index (Phi) is 5.63. The zero-order chi connectivity index (χ0) is 20.9. The van der Waals surface area contributed by atoms with Gasteiger partial charge in [0, 0.05) is 29.2 Å². The lowest BCUT2D eigenvalue weighted by Crippen LogP contribution is -2.23. The quantitative estimate of drug-likeness (QED) is 0.442. The van der Waals surface area contributed by atoms with Crippen molar-refractivity contribution >= 4 is 22.5 Å². The van der Waals surface area contributed by atoms with Gasteiger partial charge in [-0.3, -0.25) is 9.59 Å². The second-order valence-corrected chi connectivity index (χ2v) is 6.88. The molecule has 0 radical (unpaired) electrons. The number of benzene rings is 2. The van der Waals surface area contributed by atoms with Crippen LogP contribution in [0.25, 0.3) is 10.9 Å². The maximum atomic E-state index is 12.6. The maximum Gasteiger partial charge on any atom is 0.244 e. The van der Waals surface area contributed by atoms with Crippen LogP contribution in [0.15, 0.2) is 77.9 Å². The van der Waals surface area contributed by atoms with E-state index in [0.29, 0.717) is 11.4 Å². The average molecular weight is 403 g/mol. The summed E-state index contributed by atoms with van der Waals surface area (Å²) < 4.78 is 7.17. The number of anilines is 1. The van der Waals surface area contributed by atoms with Gasteiger partial charge in [0.05, 0.1) is 12.8 Å². The number of hydrogen-bond donors (Lipinski definition) is 3. The van der Waals surface area contributed by atoms with Crippen LogP contribution >= 0.6 is 0 Å². The summed E-state index contributed by atoms with van der Waals surface area (Å²) >= 11 is 0. The third-order valence-electron chi connectivity index (χ3n) is 4.73. The minimum absolute atomic E-state index is 0.0688.